The Balaban J connectivity index is 1.56. The molecule has 0 spiro atoms. The third-order valence-corrected chi connectivity index (χ3v) is 4.50. The molecule has 3 rings (SSSR count). The van der Waals surface area contributed by atoms with Gasteiger partial charge in [-0.2, -0.15) is 11.3 Å². The molecular weight excluding hydrogens is 238 g/mol. The molecule has 1 aromatic heterocycles. The van der Waals surface area contributed by atoms with Crippen molar-refractivity contribution in [3.8, 4) is 0 Å². The second-order valence-electron chi connectivity index (χ2n) is 4.80. The van der Waals surface area contributed by atoms with Gasteiger partial charge in [0.2, 0.25) is 5.91 Å². The quantitative estimate of drug-likeness (QED) is 0.874. The number of carbonyl (C=O) groups excluding carboxylic acids is 1. The van der Waals surface area contributed by atoms with Crippen LogP contribution in [0.4, 0.5) is 0 Å². The van der Waals surface area contributed by atoms with Gasteiger partial charge in [-0.3, -0.25) is 9.59 Å². The number of nitrogens with zero attached hydrogens (tertiary/aromatic N) is 1. The summed E-state index contributed by atoms with van der Waals surface area (Å²) in [5.74, 6) is -0.359. The number of likely N-dealkylation sites (tertiary alicyclic amines) is 1. The summed E-state index contributed by atoms with van der Waals surface area (Å²) in [7, 11) is 0. The number of thiophene rings is 1. The van der Waals surface area contributed by atoms with Crippen molar-refractivity contribution in [2.24, 2.45) is 17.8 Å². The lowest BCUT2D eigenvalue weighted by Gasteiger charge is -2.18. The number of carbonyl (C=O) groups is 2. The van der Waals surface area contributed by atoms with Crippen LogP contribution in [0.3, 0.4) is 0 Å². The van der Waals surface area contributed by atoms with Gasteiger partial charge in [0, 0.05) is 13.1 Å². The normalized spacial score (nSPS) is 30.1. The lowest BCUT2D eigenvalue weighted by Crippen LogP contribution is -2.33. The third kappa shape index (κ3) is 1.84. The maximum absolute atomic E-state index is 11.9. The molecule has 4 nitrogen and oxygen atoms in total. The molecule has 2 aliphatic rings. The number of aliphatic carboxylic acids is 1. The fourth-order valence-corrected chi connectivity index (χ4v) is 3.44. The average Bonchev–Trinajstić information content (AvgIpc) is 2.73. The number of piperidine rings is 1. The fraction of sp³-hybridized carbons (Fsp3) is 0.500. The van der Waals surface area contributed by atoms with Gasteiger partial charge in [-0.05, 0) is 34.2 Å². The molecular formula is C12H13NO3S. The summed E-state index contributed by atoms with van der Waals surface area (Å²) >= 11 is 1.59. The predicted octanol–water partition coefficient (Wildman–Crippen LogP) is 1.08. The van der Waals surface area contributed by atoms with Crippen molar-refractivity contribution in [2.45, 2.75) is 6.42 Å². The summed E-state index contributed by atoms with van der Waals surface area (Å²) in [6.07, 6.45) is 0.445. The fourth-order valence-electron chi connectivity index (χ4n) is 2.78. The van der Waals surface area contributed by atoms with Crippen LogP contribution in [0.2, 0.25) is 0 Å². The van der Waals surface area contributed by atoms with Crippen LogP contribution in [0.15, 0.2) is 16.8 Å². The maximum Gasteiger partial charge on any atom is 0.307 e. The molecule has 1 aliphatic heterocycles. The monoisotopic (exact) mass is 251 g/mol. The molecule has 1 aromatic rings. The number of amides is 1. The molecule has 3 atom stereocenters. The predicted molar refractivity (Wildman–Crippen MR) is 62.7 cm³/mol. The van der Waals surface area contributed by atoms with E-state index in [1.807, 2.05) is 21.7 Å². The molecule has 17 heavy (non-hydrogen) atoms. The van der Waals surface area contributed by atoms with E-state index in [2.05, 4.69) is 0 Å². The van der Waals surface area contributed by atoms with E-state index in [-0.39, 0.29) is 23.7 Å². The van der Waals surface area contributed by atoms with Gasteiger partial charge in [0.1, 0.15) is 0 Å². The first-order chi connectivity index (χ1) is 8.16. The Labute approximate surface area is 103 Å². The van der Waals surface area contributed by atoms with E-state index in [0.717, 1.165) is 5.56 Å². The highest BCUT2D eigenvalue weighted by Gasteiger charge is 2.60. The summed E-state index contributed by atoms with van der Waals surface area (Å²) < 4.78 is 0. The number of carboxylic acid groups (broad SMARTS) is 1. The zero-order valence-electron chi connectivity index (χ0n) is 9.20. The molecule has 1 saturated carbocycles. The van der Waals surface area contributed by atoms with Crippen molar-refractivity contribution >= 4 is 23.2 Å². The maximum atomic E-state index is 11.9. The summed E-state index contributed by atoms with van der Waals surface area (Å²) in [5.41, 5.74) is 1.05. The van der Waals surface area contributed by atoms with Crippen LogP contribution >= 0.6 is 11.3 Å². The van der Waals surface area contributed by atoms with Crippen LogP contribution in [-0.4, -0.2) is 35.0 Å². The smallest absolute Gasteiger partial charge is 0.307 e. The van der Waals surface area contributed by atoms with Crippen molar-refractivity contribution in [1.82, 2.24) is 4.90 Å². The Morgan fingerprint density at radius 3 is 2.65 bits per heavy atom. The lowest BCUT2D eigenvalue weighted by atomic mass is 10.2. The number of fused-ring (bicyclic) bond motifs is 1. The van der Waals surface area contributed by atoms with Gasteiger partial charge in [-0.1, -0.05) is 0 Å². The van der Waals surface area contributed by atoms with Gasteiger partial charge in [0.05, 0.1) is 12.3 Å². The van der Waals surface area contributed by atoms with Crippen LogP contribution < -0.4 is 0 Å². The number of hydrogen-bond donors (Lipinski definition) is 1. The summed E-state index contributed by atoms with van der Waals surface area (Å²) in [6, 6.07) is 1.96. The zero-order valence-corrected chi connectivity index (χ0v) is 10.0. The number of carboxylic acids is 1. The molecule has 2 fully saturated rings. The van der Waals surface area contributed by atoms with Crippen LogP contribution in [0.5, 0.6) is 0 Å². The second-order valence-corrected chi connectivity index (χ2v) is 5.58. The number of hydrogen-bond acceptors (Lipinski definition) is 3. The molecule has 1 unspecified atom stereocenters. The summed E-state index contributed by atoms with van der Waals surface area (Å²) in [6.45, 7) is 1.26. The molecule has 90 valence electrons. The standard InChI is InChI=1S/C12H13NO3S/c14-10(3-7-1-2-17-6-7)13-4-8-9(5-13)11(8)12(15)16/h1-2,6,8-9,11H,3-5H2,(H,15,16)/t8-,9+,11?. The minimum atomic E-state index is -0.704. The van der Waals surface area contributed by atoms with E-state index in [0.29, 0.717) is 19.5 Å². The Hall–Kier alpha value is -1.36. The second kappa shape index (κ2) is 3.84. The molecule has 0 aromatic carbocycles. The third-order valence-electron chi connectivity index (χ3n) is 3.77. The molecule has 5 heteroatoms. The van der Waals surface area contributed by atoms with E-state index in [4.69, 9.17) is 5.11 Å². The topological polar surface area (TPSA) is 57.6 Å². The Bertz CT molecular complexity index is 444. The van der Waals surface area contributed by atoms with Crippen molar-refractivity contribution in [3.05, 3.63) is 22.4 Å². The van der Waals surface area contributed by atoms with Crippen LogP contribution in [-0.2, 0) is 16.0 Å². The minimum absolute atomic E-state index is 0.125. The van der Waals surface area contributed by atoms with Crippen molar-refractivity contribution < 1.29 is 14.7 Å². The van der Waals surface area contributed by atoms with Gasteiger partial charge in [-0.25, -0.2) is 0 Å². The Morgan fingerprint density at radius 2 is 2.12 bits per heavy atom. The summed E-state index contributed by atoms with van der Waals surface area (Å²) in [4.78, 5) is 24.6. The molecule has 1 saturated heterocycles. The Morgan fingerprint density at radius 1 is 1.41 bits per heavy atom. The largest absolute Gasteiger partial charge is 0.481 e. The first kappa shape index (κ1) is 10.8. The summed E-state index contributed by atoms with van der Waals surface area (Å²) in [5, 5.41) is 12.8. The highest BCUT2D eigenvalue weighted by molar-refractivity contribution is 7.07. The molecule has 1 amide bonds. The minimum Gasteiger partial charge on any atom is -0.481 e. The highest BCUT2D eigenvalue weighted by atomic mass is 32.1. The molecule has 2 heterocycles. The van der Waals surface area contributed by atoms with Crippen molar-refractivity contribution in [2.75, 3.05) is 13.1 Å². The first-order valence-corrected chi connectivity index (χ1v) is 6.63. The lowest BCUT2D eigenvalue weighted by molar-refractivity contribution is -0.140. The molecule has 0 bridgehead atoms. The number of rotatable bonds is 3. The van der Waals surface area contributed by atoms with Gasteiger partial charge in [-0.15, -0.1) is 0 Å². The van der Waals surface area contributed by atoms with Gasteiger partial charge < -0.3 is 10.0 Å². The molecule has 1 N–H and O–H groups in total. The molecule has 1 aliphatic carbocycles. The van der Waals surface area contributed by atoms with Gasteiger partial charge >= 0.3 is 5.97 Å². The van der Waals surface area contributed by atoms with E-state index in [9.17, 15) is 9.59 Å². The van der Waals surface area contributed by atoms with E-state index >= 15 is 0 Å². The van der Waals surface area contributed by atoms with E-state index < -0.39 is 5.97 Å². The zero-order chi connectivity index (χ0) is 12.0. The van der Waals surface area contributed by atoms with Crippen LogP contribution in [0.25, 0.3) is 0 Å². The van der Waals surface area contributed by atoms with Gasteiger partial charge in [0.25, 0.3) is 0 Å². The Kier molecular flexibility index (Phi) is 2.43. The average molecular weight is 251 g/mol. The van der Waals surface area contributed by atoms with E-state index in [1.165, 1.54) is 0 Å². The highest BCUT2D eigenvalue weighted by Crippen LogP contribution is 2.51. The SMILES string of the molecule is O=C(O)C1[C@H]2CN(C(=O)Cc3ccsc3)C[C@@H]12. The van der Waals surface area contributed by atoms with Crippen molar-refractivity contribution in [3.63, 3.8) is 0 Å². The molecule has 0 radical (unpaired) electrons. The van der Waals surface area contributed by atoms with Crippen molar-refractivity contribution in [1.29, 1.82) is 0 Å². The van der Waals surface area contributed by atoms with E-state index in [1.54, 1.807) is 11.3 Å². The van der Waals surface area contributed by atoms with Crippen LogP contribution in [0.1, 0.15) is 5.56 Å². The first-order valence-electron chi connectivity index (χ1n) is 5.68. The van der Waals surface area contributed by atoms with Crippen LogP contribution in [0, 0.1) is 17.8 Å². The van der Waals surface area contributed by atoms with Gasteiger partial charge in [0.15, 0.2) is 0 Å².